The molecule has 4 aromatic rings. The van der Waals surface area contributed by atoms with E-state index in [2.05, 4.69) is 44.3 Å². The van der Waals surface area contributed by atoms with E-state index in [-0.39, 0.29) is 11.7 Å². The fraction of sp³-hybridized carbons (Fsp3) is 0.263. The van der Waals surface area contributed by atoms with Gasteiger partial charge in [-0.2, -0.15) is 5.10 Å². The molecule has 9 heteroatoms. The Morgan fingerprint density at radius 2 is 2.07 bits per heavy atom. The van der Waals surface area contributed by atoms with Crippen molar-refractivity contribution in [2.24, 2.45) is 5.92 Å². The molecule has 4 N–H and O–H groups in total. The number of nitrogens with two attached hydrogens (primary N) is 1. The van der Waals surface area contributed by atoms with Crippen LogP contribution in [0.25, 0.3) is 16.9 Å². The van der Waals surface area contributed by atoms with Gasteiger partial charge in [-0.15, -0.1) is 0 Å². The average molecular weight is 377 g/mol. The molecular weight excluding hydrogens is 358 g/mol. The molecule has 1 aliphatic rings. The summed E-state index contributed by atoms with van der Waals surface area (Å²) in [4.78, 5) is 22.9. The average Bonchev–Trinajstić information content (AvgIpc) is 3.22. The van der Waals surface area contributed by atoms with Crippen LogP contribution in [0.1, 0.15) is 17.5 Å². The third-order valence-electron chi connectivity index (χ3n) is 5.35. The van der Waals surface area contributed by atoms with Gasteiger partial charge in [0.25, 0.3) is 0 Å². The predicted molar refractivity (Wildman–Crippen MR) is 103 cm³/mol. The molecule has 3 heterocycles. The van der Waals surface area contributed by atoms with Crippen LogP contribution in [0.5, 0.6) is 5.88 Å². The molecule has 5 rings (SSSR count). The maximum atomic E-state index is 12.1. The fourth-order valence-electron chi connectivity index (χ4n) is 4.02. The van der Waals surface area contributed by atoms with Gasteiger partial charge in [0.2, 0.25) is 5.88 Å². The fourth-order valence-corrected chi connectivity index (χ4v) is 4.02. The van der Waals surface area contributed by atoms with Gasteiger partial charge in [0.05, 0.1) is 6.20 Å². The lowest BCUT2D eigenvalue weighted by molar-refractivity contribution is 0.380. The standard InChI is InChI=1S/C19H19N7O2/c20-16-15-17(22-10-21-16)26(24-18(15)25-9-14(27)23-19(25)28)8-11-5-6-12-3-1-2-4-13(12)7-11/h1-4,9-11,27H,5-8H2,(H,23,28)(H2,20,21,22). The monoisotopic (exact) mass is 377 g/mol. The normalized spacial score (nSPS) is 16.4. The Hall–Kier alpha value is -3.62. The summed E-state index contributed by atoms with van der Waals surface area (Å²) in [5.74, 6) is 0.712. The number of hydrogen-bond donors (Lipinski definition) is 3. The van der Waals surface area contributed by atoms with Gasteiger partial charge in [-0.05, 0) is 36.3 Å². The van der Waals surface area contributed by atoms with Crippen molar-refractivity contribution in [3.8, 4) is 11.7 Å². The van der Waals surface area contributed by atoms with E-state index in [1.807, 2.05) is 0 Å². The summed E-state index contributed by atoms with van der Waals surface area (Å²) < 4.78 is 3.02. The first-order chi connectivity index (χ1) is 13.6. The topological polar surface area (TPSA) is 128 Å². The zero-order valence-electron chi connectivity index (χ0n) is 15.0. The van der Waals surface area contributed by atoms with Crippen molar-refractivity contribution in [3.63, 3.8) is 0 Å². The summed E-state index contributed by atoms with van der Waals surface area (Å²) in [6.07, 6.45) is 5.73. The van der Waals surface area contributed by atoms with Crippen molar-refractivity contribution in [2.45, 2.75) is 25.8 Å². The minimum atomic E-state index is -0.501. The number of aryl methyl sites for hydroxylation is 1. The van der Waals surface area contributed by atoms with Crippen molar-refractivity contribution >= 4 is 16.9 Å². The van der Waals surface area contributed by atoms with Crippen LogP contribution in [0.3, 0.4) is 0 Å². The Kier molecular flexibility index (Phi) is 3.68. The largest absolute Gasteiger partial charge is 0.493 e. The minimum absolute atomic E-state index is 0.243. The van der Waals surface area contributed by atoms with Crippen LogP contribution >= 0.6 is 0 Å². The lowest BCUT2D eigenvalue weighted by Crippen LogP contribution is -2.21. The van der Waals surface area contributed by atoms with Crippen LogP contribution in [-0.4, -0.2) is 34.4 Å². The van der Waals surface area contributed by atoms with Gasteiger partial charge in [0.15, 0.2) is 11.5 Å². The van der Waals surface area contributed by atoms with Gasteiger partial charge in [-0.1, -0.05) is 24.3 Å². The Morgan fingerprint density at radius 3 is 2.86 bits per heavy atom. The molecule has 0 aliphatic heterocycles. The quantitative estimate of drug-likeness (QED) is 0.495. The summed E-state index contributed by atoms with van der Waals surface area (Å²) in [5, 5.41) is 14.7. The summed E-state index contributed by atoms with van der Waals surface area (Å²) in [7, 11) is 0. The highest BCUT2D eigenvalue weighted by atomic mass is 16.3. The molecule has 0 bridgehead atoms. The van der Waals surface area contributed by atoms with Crippen LogP contribution < -0.4 is 11.4 Å². The van der Waals surface area contributed by atoms with Gasteiger partial charge in [0.1, 0.15) is 17.5 Å². The van der Waals surface area contributed by atoms with E-state index < -0.39 is 5.69 Å². The molecule has 28 heavy (non-hydrogen) atoms. The first kappa shape index (κ1) is 16.5. The summed E-state index contributed by atoms with van der Waals surface area (Å²) >= 11 is 0. The number of rotatable bonds is 3. The SMILES string of the molecule is Nc1ncnc2c1c(-n1cc(O)[nH]c1=O)nn2CC1CCc2ccccc2C1. The smallest absolute Gasteiger partial charge is 0.334 e. The Morgan fingerprint density at radius 1 is 1.25 bits per heavy atom. The molecule has 0 saturated heterocycles. The second-order valence-electron chi connectivity index (χ2n) is 7.16. The highest BCUT2D eigenvalue weighted by Crippen LogP contribution is 2.29. The van der Waals surface area contributed by atoms with Crippen molar-refractivity contribution in [3.05, 3.63) is 58.4 Å². The number of nitrogen functional groups attached to an aromatic ring is 1. The van der Waals surface area contributed by atoms with E-state index in [0.29, 0.717) is 29.3 Å². The molecule has 1 aliphatic carbocycles. The number of nitrogens with one attached hydrogen (secondary N) is 1. The number of nitrogens with zero attached hydrogens (tertiary/aromatic N) is 5. The predicted octanol–water partition coefficient (Wildman–Crippen LogP) is 1.40. The molecular formula is C19H19N7O2. The molecule has 0 radical (unpaired) electrons. The molecule has 1 aromatic carbocycles. The van der Waals surface area contributed by atoms with Gasteiger partial charge in [-0.3, -0.25) is 4.98 Å². The Bertz CT molecular complexity index is 1240. The minimum Gasteiger partial charge on any atom is -0.493 e. The number of benzene rings is 1. The third-order valence-corrected chi connectivity index (χ3v) is 5.35. The first-order valence-electron chi connectivity index (χ1n) is 9.15. The number of aromatic amines is 1. The number of imidazole rings is 1. The lowest BCUT2D eigenvalue weighted by Gasteiger charge is -2.24. The molecule has 142 valence electrons. The van der Waals surface area contributed by atoms with Crippen LogP contribution in [-0.2, 0) is 19.4 Å². The number of hydrogen-bond acceptors (Lipinski definition) is 6. The number of anilines is 1. The number of aromatic hydroxyl groups is 1. The number of fused-ring (bicyclic) bond motifs is 2. The van der Waals surface area contributed by atoms with Gasteiger partial charge >= 0.3 is 5.69 Å². The van der Waals surface area contributed by atoms with Crippen LogP contribution in [0.15, 0.2) is 41.6 Å². The van der Waals surface area contributed by atoms with E-state index in [9.17, 15) is 9.90 Å². The second kappa shape index (κ2) is 6.22. The van der Waals surface area contributed by atoms with Crippen molar-refractivity contribution in [2.75, 3.05) is 5.73 Å². The second-order valence-corrected chi connectivity index (χ2v) is 7.16. The van der Waals surface area contributed by atoms with E-state index in [0.717, 1.165) is 19.3 Å². The van der Waals surface area contributed by atoms with Crippen molar-refractivity contribution in [1.29, 1.82) is 0 Å². The number of aromatic nitrogens is 6. The van der Waals surface area contributed by atoms with E-state index in [1.165, 1.54) is 28.2 Å². The Labute approximate surface area is 159 Å². The summed E-state index contributed by atoms with van der Waals surface area (Å²) in [5.41, 5.74) is 8.92. The number of H-pyrrole nitrogens is 1. The summed E-state index contributed by atoms with van der Waals surface area (Å²) in [6.45, 7) is 0.659. The zero-order chi connectivity index (χ0) is 19.3. The van der Waals surface area contributed by atoms with Crippen LogP contribution in [0, 0.1) is 5.92 Å². The molecule has 3 aromatic heterocycles. The first-order valence-corrected chi connectivity index (χ1v) is 9.15. The molecule has 9 nitrogen and oxygen atoms in total. The molecule has 1 atom stereocenters. The maximum Gasteiger partial charge on any atom is 0.334 e. The Balaban J connectivity index is 1.57. The summed E-state index contributed by atoms with van der Waals surface area (Å²) in [6, 6.07) is 8.51. The van der Waals surface area contributed by atoms with Gasteiger partial charge < -0.3 is 10.8 Å². The molecule has 0 amide bonds. The highest BCUT2D eigenvalue weighted by Gasteiger charge is 2.23. The van der Waals surface area contributed by atoms with Crippen molar-refractivity contribution < 1.29 is 5.11 Å². The lowest BCUT2D eigenvalue weighted by atomic mass is 9.84. The zero-order valence-corrected chi connectivity index (χ0v) is 15.0. The van der Waals surface area contributed by atoms with Crippen LogP contribution in [0.4, 0.5) is 5.82 Å². The van der Waals surface area contributed by atoms with Gasteiger partial charge in [-0.25, -0.2) is 24.0 Å². The van der Waals surface area contributed by atoms with E-state index in [1.54, 1.807) is 4.68 Å². The van der Waals surface area contributed by atoms with Gasteiger partial charge in [0, 0.05) is 6.54 Å². The third kappa shape index (κ3) is 2.63. The molecule has 1 unspecified atom stereocenters. The van der Waals surface area contributed by atoms with E-state index >= 15 is 0 Å². The van der Waals surface area contributed by atoms with E-state index in [4.69, 9.17) is 5.73 Å². The molecule has 0 saturated carbocycles. The van der Waals surface area contributed by atoms with Crippen LogP contribution in [0.2, 0.25) is 0 Å². The maximum absolute atomic E-state index is 12.1. The highest BCUT2D eigenvalue weighted by molar-refractivity contribution is 5.92. The molecule has 0 spiro atoms. The van der Waals surface area contributed by atoms with Crippen molar-refractivity contribution in [1.82, 2.24) is 29.3 Å². The molecule has 0 fully saturated rings.